The predicted octanol–water partition coefficient (Wildman–Crippen LogP) is 4.23. The maximum absolute atomic E-state index is 13.1. The number of alkyl carbamates (subject to hydrolysis) is 1. The Morgan fingerprint density at radius 3 is 2.41 bits per heavy atom. The molecule has 1 saturated carbocycles. The van der Waals surface area contributed by atoms with Crippen molar-refractivity contribution in [1.82, 2.24) is 15.5 Å². The summed E-state index contributed by atoms with van der Waals surface area (Å²) in [5, 5.41) is 6.33. The van der Waals surface area contributed by atoms with Crippen LogP contribution < -0.4 is 10.6 Å². The fourth-order valence-electron chi connectivity index (χ4n) is 4.67. The van der Waals surface area contributed by atoms with Crippen LogP contribution in [0.4, 0.5) is 9.59 Å². The summed E-state index contributed by atoms with van der Waals surface area (Å²) in [6.45, 7) is 6.65. The smallest absolute Gasteiger partial charge is 0.410 e. The zero-order valence-electron chi connectivity index (χ0n) is 21.0. The molecule has 1 aliphatic heterocycles. The zero-order chi connectivity index (χ0) is 24.6. The van der Waals surface area contributed by atoms with Gasteiger partial charge in [-0.15, -0.1) is 0 Å². The Morgan fingerprint density at radius 1 is 1.06 bits per heavy atom. The highest BCUT2D eigenvalue weighted by Crippen LogP contribution is 2.25. The Hall–Kier alpha value is -2.32. The molecule has 2 atom stereocenters. The lowest BCUT2D eigenvalue weighted by Gasteiger charge is -2.41. The van der Waals surface area contributed by atoms with Gasteiger partial charge in [0.05, 0.1) is 24.8 Å². The molecule has 1 aromatic rings. The van der Waals surface area contributed by atoms with Crippen LogP contribution in [-0.4, -0.2) is 67.1 Å². The van der Waals surface area contributed by atoms with Gasteiger partial charge in [0, 0.05) is 12.6 Å². The Balaban J connectivity index is 1.64. The molecule has 34 heavy (non-hydrogen) atoms. The third-order valence-corrected chi connectivity index (χ3v) is 6.51. The molecule has 0 spiro atoms. The highest BCUT2D eigenvalue weighted by molar-refractivity contribution is 5.70. The van der Waals surface area contributed by atoms with E-state index in [9.17, 15) is 9.59 Å². The number of piperidine rings is 1. The lowest BCUT2D eigenvalue weighted by Crippen LogP contribution is -2.59. The lowest BCUT2D eigenvalue weighted by molar-refractivity contribution is -0.0316. The van der Waals surface area contributed by atoms with Crippen LogP contribution >= 0.6 is 0 Å². The number of benzene rings is 1. The quantitative estimate of drug-likeness (QED) is 0.614. The summed E-state index contributed by atoms with van der Waals surface area (Å²) in [5.74, 6) is 0. The van der Waals surface area contributed by atoms with Gasteiger partial charge in [0.1, 0.15) is 12.2 Å². The number of ether oxygens (including phenoxy) is 3. The number of carbonyl (C=O) groups is 2. The number of nitrogens with zero attached hydrogens (tertiary/aromatic N) is 1. The third-order valence-electron chi connectivity index (χ3n) is 6.51. The van der Waals surface area contributed by atoms with Crippen LogP contribution in [-0.2, 0) is 20.8 Å². The molecule has 8 nitrogen and oxygen atoms in total. The molecule has 1 heterocycles. The molecular formula is C26H41N3O5. The van der Waals surface area contributed by atoms with Gasteiger partial charge < -0.3 is 29.7 Å². The van der Waals surface area contributed by atoms with Gasteiger partial charge in [-0.05, 0) is 71.9 Å². The maximum Gasteiger partial charge on any atom is 0.410 e. The van der Waals surface area contributed by atoms with Crippen molar-refractivity contribution in [3.8, 4) is 0 Å². The van der Waals surface area contributed by atoms with E-state index in [1.165, 1.54) is 0 Å². The normalized spacial score (nSPS) is 25.5. The average Bonchev–Trinajstić information content (AvgIpc) is 2.81. The number of rotatable bonds is 7. The van der Waals surface area contributed by atoms with E-state index in [-0.39, 0.29) is 30.9 Å². The van der Waals surface area contributed by atoms with Crippen molar-refractivity contribution in [2.45, 2.75) is 95.7 Å². The minimum atomic E-state index is -0.592. The molecule has 0 bridgehead atoms. The fourth-order valence-corrected chi connectivity index (χ4v) is 4.67. The highest BCUT2D eigenvalue weighted by Gasteiger charge is 2.38. The van der Waals surface area contributed by atoms with Gasteiger partial charge in [-0.25, -0.2) is 9.59 Å². The van der Waals surface area contributed by atoms with E-state index in [0.29, 0.717) is 19.2 Å². The average molecular weight is 476 g/mol. The van der Waals surface area contributed by atoms with Gasteiger partial charge >= 0.3 is 12.2 Å². The van der Waals surface area contributed by atoms with Gasteiger partial charge in [-0.3, -0.25) is 0 Å². The Labute approximate surface area is 203 Å². The minimum Gasteiger partial charge on any atom is -0.445 e. The van der Waals surface area contributed by atoms with Crippen LogP contribution in [0.15, 0.2) is 30.3 Å². The van der Waals surface area contributed by atoms with E-state index in [1.54, 1.807) is 4.90 Å². The number of hydrogen-bond acceptors (Lipinski definition) is 6. The molecule has 2 fully saturated rings. The van der Waals surface area contributed by atoms with Gasteiger partial charge in [0.25, 0.3) is 0 Å². The number of hydrogen-bond donors (Lipinski definition) is 2. The SMILES string of the molecule is CNC1CCC(OC[C@H]2[C@@H](NC(=O)OC(C)(C)C)CCCN2C(=O)OCc2ccccc2)CC1. The number of amides is 2. The second-order valence-electron chi connectivity index (χ2n) is 10.3. The van der Waals surface area contributed by atoms with Crippen LogP contribution in [0, 0.1) is 0 Å². The van der Waals surface area contributed by atoms with Crippen molar-refractivity contribution in [2.24, 2.45) is 0 Å². The molecule has 0 aromatic heterocycles. The predicted molar refractivity (Wildman–Crippen MR) is 131 cm³/mol. The van der Waals surface area contributed by atoms with E-state index in [0.717, 1.165) is 44.1 Å². The van der Waals surface area contributed by atoms with Crippen molar-refractivity contribution in [3.05, 3.63) is 35.9 Å². The van der Waals surface area contributed by atoms with E-state index in [2.05, 4.69) is 10.6 Å². The first-order valence-electron chi connectivity index (χ1n) is 12.5. The largest absolute Gasteiger partial charge is 0.445 e. The van der Waals surface area contributed by atoms with Crippen LogP contribution in [0.5, 0.6) is 0 Å². The fraction of sp³-hybridized carbons (Fsp3) is 0.692. The molecule has 190 valence electrons. The van der Waals surface area contributed by atoms with Crippen molar-refractivity contribution in [2.75, 3.05) is 20.2 Å². The summed E-state index contributed by atoms with van der Waals surface area (Å²) in [5.41, 5.74) is 0.343. The summed E-state index contributed by atoms with van der Waals surface area (Å²) >= 11 is 0. The summed E-state index contributed by atoms with van der Waals surface area (Å²) in [6.07, 6.45) is 4.95. The topological polar surface area (TPSA) is 89.1 Å². The summed E-state index contributed by atoms with van der Waals surface area (Å²) in [4.78, 5) is 27.3. The standard InChI is InChI=1S/C26H41N3O5/c1-26(2,3)34-24(30)28-22-11-8-16-29(25(31)33-17-19-9-6-5-7-10-19)23(22)18-32-21-14-12-20(27-4)13-15-21/h5-7,9-10,20-23,27H,8,11-18H2,1-4H3,(H,28,30)/t20?,21?,22-,23-/m0/s1. The summed E-state index contributed by atoms with van der Waals surface area (Å²) < 4.78 is 17.4. The van der Waals surface area contributed by atoms with E-state index < -0.39 is 11.7 Å². The monoisotopic (exact) mass is 475 g/mol. The molecular weight excluding hydrogens is 434 g/mol. The Bertz CT molecular complexity index is 774. The van der Waals surface area contributed by atoms with Gasteiger partial charge in [0.15, 0.2) is 0 Å². The van der Waals surface area contributed by atoms with Gasteiger partial charge in [-0.1, -0.05) is 30.3 Å². The first-order valence-corrected chi connectivity index (χ1v) is 12.5. The molecule has 1 saturated heterocycles. The highest BCUT2D eigenvalue weighted by atomic mass is 16.6. The van der Waals surface area contributed by atoms with Crippen molar-refractivity contribution < 1.29 is 23.8 Å². The van der Waals surface area contributed by atoms with Crippen molar-refractivity contribution in [3.63, 3.8) is 0 Å². The molecule has 0 radical (unpaired) electrons. The van der Waals surface area contributed by atoms with Crippen LogP contribution in [0.3, 0.4) is 0 Å². The molecule has 2 N–H and O–H groups in total. The van der Waals surface area contributed by atoms with Crippen molar-refractivity contribution in [1.29, 1.82) is 0 Å². The molecule has 0 unspecified atom stereocenters. The Kier molecular flexibility index (Phi) is 9.59. The second kappa shape index (κ2) is 12.4. The number of carbonyl (C=O) groups excluding carboxylic acids is 2. The number of likely N-dealkylation sites (tertiary alicyclic amines) is 1. The molecule has 2 amide bonds. The lowest BCUT2D eigenvalue weighted by atomic mass is 9.92. The summed E-state index contributed by atoms with van der Waals surface area (Å²) in [6, 6.07) is 9.60. The second-order valence-corrected chi connectivity index (χ2v) is 10.3. The van der Waals surface area contributed by atoms with E-state index >= 15 is 0 Å². The van der Waals surface area contributed by atoms with Gasteiger partial charge in [-0.2, -0.15) is 0 Å². The molecule has 3 rings (SSSR count). The zero-order valence-corrected chi connectivity index (χ0v) is 21.0. The van der Waals surface area contributed by atoms with Gasteiger partial charge in [0.2, 0.25) is 0 Å². The van der Waals surface area contributed by atoms with E-state index in [4.69, 9.17) is 14.2 Å². The third kappa shape index (κ3) is 8.17. The van der Waals surface area contributed by atoms with Crippen LogP contribution in [0.1, 0.15) is 64.9 Å². The summed E-state index contributed by atoms with van der Waals surface area (Å²) in [7, 11) is 2.00. The van der Waals surface area contributed by atoms with E-state index in [1.807, 2.05) is 58.2 Å². The molecule has 1 aromatic carbocycles. The molecule has 1 aliphatic carbocycles. The van der Waals surface area contributed by atoms with Crippen LogP contribution in [0.25, 0.3) is 0 Å². The van der Waals surface area contributed by atoms with Crippen LogP contribution in [0.2, 0.25) is 0 Å². The van der Waals surface area contributed by atoms with Crippen molar-refractivity contribution >= 4 is 12.2 Å². The minimum absolute atomic E-state index is 0.163. The first kappa shape index (κ1) is 26.3. The molecule has 8 heteroatoms. The molecule has 2 aliphatic rings. The number of nitrogens with one attached hydrogen (secondary N) is 2. The Morgan fingerprint density at radius 2 is 1.76 bits per heavy atom. The maximum atomic E-state index is 13.1. The first-order chi connectivity index (χ1) is 16.2.